The van der Waals surface area contributed by atoms with Gasteiger partial charge in [0.1, 0.15) is 0 Å². The zero-order valence-electron chi connectivity index (χ0n) is 34.9. The van der Waals surface area contributed by atoms with Crippen molar-refractivity contribution in [2.45, 2.75) is 86.5 Å². The Morgan fingerprint density at radius 2 is 1.07 bits per heavy atom. The lowest BCUT2D eigenvalue weighted by molar-refractivity contribution is 0.392. The van der Waals surface area contributed by atoms with Gasteiger partial charge in [0.05, 0.1) is 17.1 Å². The molecule has 0 saturated carbocycles. The number of fused-ring (bicyclic) bond motifs is 11. The number of aryl methyl sites for hydroxylation is 1. The molecule has 0 fully saturated rings. The van der Waals surface area contributed by atoms with E-state index in [2.05, 4.69) is 191 Å². The van der Waals surface area contributed by atoms with Gasteiger partial charge >= 0.3 is 0 Å². The first-order valence-electron chi connectivity index (χ1n) is 21.2. The summed E-state index contributed by atoms with van der Waals surface area (Å²) in [6, 6.07) is 40.7. The molecule has 2 nitrogen and oxygen atoms in total. The Kier molecular flexibility index (Phi) is 7.07. The fourth-order valence-electron chi connectivity index (χ4n) is 11.2. The predicted molar refractivity (Wildman–Crippen MR) is 255 cm³/mol. The maximum atomic E-state index is 2.68. The molecule has 0 spiro atoms. The molecular weight excluding hydrogens is 740 g/mol. The quantitative estimate of drug-likeness (QED) is 0.161. The summed E-state index contributed by atoms with van der Waals surface area (Å²) < 4.78 is 5.80. The van der Waals surface area contributed by atoms with E-state index < -0.39 is 0 Å². The fraction of sp³-hybridized carbons (Fsp3) is 0.283. The van der Waals surface area contributed by atoms with Crippen molar-refractivity contribution in [2.75, 3.05) is 9.80 Å². The van der Waals surface area contributed by atoms with E-state index in [-0.39, 0.29) is 12.1 Å². The third-order valence-corrected chi connectivity index (χ3v) is 16.1. The number of thiophene rings is 2. The topological polar surface area (TPSA) is 6.48 Å². The van der Waals surface area contributed by atoms with Crippen LogP contribution in [0.4, 0.5) is 34.1 Å². The maximum absolute atomic E-state index is 2.68. The smallest absolute Gasteiger partial charge is 0.277 e. The highest BCUT2D eigenvalue weighted by Gasteiger charge is 2.48. The van der Waals surface area contributed by atoms with Gasteiger partial charge in [-0.05, 0) is 148 Å². The molecule has 4 aliphatic rings. The Morgan fingerprint density at radius 1 is 0.552 bits per heavy atom. The summed E-state index contributed by atoms with van der Waals surface area (Å²) in [5.74, 6) is 0. The van der Waals surface area contributed by atoms with Gasteiger partial charge in [0, 0.05) is 52.2 Å². The number of hydrogen-bond acceptors (Lipinski definition) is 4. The largest absolute Gasteiger partial charge is 0.310 e. The first-order chi connectivity index (χ1) is 27.7. The Hall–Kier alpha value is -4.84. The normalized spacial score (nSPS) is 17.2. The lowest BCUT2D eigenvalue weighted by Gasteiger charge is -2.42. The maximum Gasteiger partial charge on any atom is 0.277 e. The van der Waals surface area contributed by atoms with E-state index in [1.165, 1.54) is 113 Å². The molecule has 0 amide bonds. The number of nitrogens with zero attached hydrogens (tertiary/aromatic N) is 2. The van der Waals surface area contributed by atoms with E-state index >= 15 is 0 Å². The van der Waals surface area contributed by atoms with Crippen molar-refractivity contribution >= 4 is 109 Å². The van der Waals surface area contributed by atoms with Gasteiger partial charge in [-0.2, -0.15) is 0 Å². The molecule has 0 saturated heterocycles. The molecule has 286 valence electrons. The fourth-order valence-corrected chi connectivity index (χ4v) is 14.0. The van der Waals surface area contributed by atoms with Gasteiger partial charge in [-0.1, -0.05) is 97.0 Å². The summed E-state index contributed by atoms with van der Waals surface area (Å²) in [6.45, 7) is 19.1. The average Bonchev–Trinajstić information content (AvgIpc) is 3.89. The number of hydrogen-bond donors (Lipinski definition) is 0. The monoisotopic (exact) mass is 788 g/mol. The Balaban J connectivity index is 1.20. The van der Waals surface area contributed by atoms with Crippen LogP contribution in [-0.2, 0) is 31.1 Å². The molecule has 8 aromatic rings. The second kappa shape index (κ2) is 11.7. The second-order valence-corrected chi connectivity index (χ2v) is 22.7. The zero-order chi connectivity index (χ0) is 39.6. The molecule has 0 N–H and O–H groups in total. The van der Waals surface area contributed by atoms with Crippen LogP contribution >= 0.6 is 22.7 Å². The molecular formula is C53H49BN2S2. The molecule has 4 heterocycles. The van der Waals surface area contributed by atoms with E-state index in [9.17, 15) is 0 Å². The van der Waals surface area contributed by atoms with Crippen molar-refractivity contribution in [2.24, 2.45) is 10.8 Å². The number of anilines is 6. The SMILES string of the molecule is Cc1cc2c3c(c1)N(c1cccc4ccccc14)c1c(sc4cc5c(cc14)CC(C)(C)C5)B3c1sc3cc4c(cc3c1N2c1ccc(C(C)(C)C)cc1)CC(C)(C)C4. The van der Waals surface area contributed by atoms with Crippen molar-refractivity contribution < 1.29 is 0 Å². The highest BCUT2D eigenvalue weighted by Crippen LogP contribution is 2.53. The third kappa shape index (κ3) is 5.02. The van der Waals surface area contributed by atoms with Crippen LogP contribution in [0.3, 0.4) is 0 Å². The van der Waals surface area contributed by atoms with Crippen molar-refractivity contribution in [1.29, 1.82) is 0 Å². The van der Waals surface area contributed by atoms with Crippen LogP contribution in [0.5, 0.6) is 0 Å². The van der Waals surface area contributed by atoms with Crippen LogP contribution in [0.2, 0.25) is 0 Å². The van der Waals surface area contributed by atoms with Gasteiger partial charge in [-0.15, -0.1) is 22.7 Å². The number of rotatable bonds is 2. The van der Waals surface area contributed by atoms with Crippen LogP contribution in [0, 0.1) is 17.8 Å². The Morgan fingerprint density at radius 3 is 1.66 bits per heavy atom. The van der Waals surface area contributed by atoms with Gasteiger partial charge < -0.3 is 9.80 Å². The van der Waals surface area contributed by atoms with Crippen LogP contribution in [0.15, 0.2) is 103 Å². The van der Waals surface area contributed by atoms with E-state index in [1.807, 2.05) is 0 Å². The predicted octanol–water partition coefficient (Wildman–Crippen LogP) is 13.2. The van der Waals surface area contributed by atoms with Crippen molar-refractivity contribution in [1.82, 2.24) is 0 Å². The standard InChI is InChI=1S/C53H49BN2S2/c1-30-20-42-46-43(21-30)56(41-15-11-13-31-12-9-10-14-38(31)41)48-40-23-33-27-53(7,8)29-35(33)25-45(40)58-50(48)54(46)49-47(55(42)37-18-16-36(17-19-37)51(2,3)4)39-22-32-26-52(5,6)28-34(32)24-44(39)57-49/h9-25H,26-29H2,1-8H3. The molecule has 12 rings (SSSR count). The summed E-state index contributed by atoms with van der Waals surface area (Å²) >= 11 is 4.11. The van der Waals surface area contributed by atoms with Crippen LogP contribution < -0.4 is 24.8 Å². The molecule has 2 aromatic heterocycles. The summed E-state index contributed by atoms with van der Waals surface area (Å²) in [4.78, 5) is 5.34. The molecule has 0 bridgehead atoms. The minimum atomic E-state index is 0.0775. The molecule has 5 heteroatoms. The van der Waals surface area contributed by atoms with E-state index in [0.717, 1.165) is 25.7 Å². The average molecular weight is 789 g/mol. The molecule has 2 aliphatic heterocycles. The highest BCUT2D eigenvalue weighted by atomic mass is 32.1. The van der Waals surface area contributed by atoms with Gasteiger partial charge in [0.15, 0.2) is 0 Å². The molecule has 0 unspecified atom stereocenters. The van der Waals surface area contributed by atoms with Crippen molar-refractivity contribution in [3.63, 3.8) is 0 Å². The van der Waals surface area contributed by atoms with Gasteiger partial charge in [0.2, 0.25) is 0 Å². The first-order valence-corrected chi connectivity index (χ1v) is 22.8. The lowest BCUT2D eigenvalue weighted by Crippen LogP contribution is -2.59. The Bertz CT molecular complexity index is 3080. The Labute approximate surface area is 351 Å². The number of benzene rings is 6. The first kappa shape index (κ1) is 35.1. The van der Waals surface area contributed by atoms with Gasteiger partial charge in [0.25, 0.3) is 6.71 Å². The van der Waals surface area contributed by atoms with E-state index in [0.29, 0.717) is 10.8 Å². The van der Waals surface area contributed by atoms with Crippen LogP contribution in [0.1, 0.15) is 81.8 Å². The third-order valence-electron chi connectivity index (χ3n) is 13.7. The van der Waals surface area contributed by atoms with Gasteiger partial charge in [-0.3, -0.25) is 0 Å². The summed E-state index contributed by atoms with van der Waals surface area (Å²) in [5.41, 5.74) is 18.8. The van der Waals surface area contributed by atoms with E-state index in [4.69, 9.17) is 0 Å². The summed E-state index contributed by atoms with van der Waals surface area (Å²) in [5, 5.41) is 5.38. The summed E-state index contributed by atoms with van der Waals surface area (Å²) in [7, 11) is 0. The van der Waals surface area contributed by atoms with Crippen LogP contribution in [-0.4, -0.2) is 6.71 Å². The van der Waals surface area contributed by atoms with Crippen LogP contribution in [0.25, 0.3) is 30.9 Å². The minimum absolute atomic E-state index is 0.0775. The molecule has 0 atom stereocenters. The summed E-state index contributed by atoms with van der Waals surface area (Å²) in [6.07, 6.45) is 4.55. The molecule has 6 aromatic carbocycles. The van der Waals surface area contributed by atoms with Gasteiger partial charge in [-0.25, -0.2) is 0 Å². The lowest BCUT2D eigenvalue weighted by atomic mass is 9.39. The molecule has 58 heavy (non-hydrogen) atoms. The van der Waals surface area contributed by atoms with E-state index in [1.54, 1.807) is 0 Å². The molecule has 0 radical (unpaired) electrons. The second-order valence-electron chi connectivity index (χ2n) is 20.5. The molecule has 2 aliphatic carbocycles. The minimum Gasteiger partial charge on any atom is -0.310 e. The zero-order valence-corrected chi connectivity index (χ0v) is 36.6. The highest BCUT2D eigenvalue weighted by molar-refractivity contribution is 7.40. The van der Waals surface area contributed by atoms with Crippen molar-refractivity contribution in [3.8, 4) is 0 Å². The van der Waals surface area contributed by atoms with Crippen molar-refractivity contribution in [3.05, 3.63) is 137 Å².